The zero-order chi connectivity index (χ0) is 15.1. The van der Waals surface area contributed by atoms with Crippen molar-refractivity contribution in [3.05, 3.63) is 34.3 Å². The summed E-state index contributed by atoms with van der Waals surface area (Å²) in [6, 6.07) is 6.78. The number of nitrogens with one attached hydrogen (secondary N) is 1. The van der Waals surface area contributed by atoms with Crippen molar-refractivity contribution in [1.29, 1.82) is 0 Å². The van der Waals surface area contributed by atoms with Gasteiger partial charge in [0.25, 0.3) is 0 Å². The minimum atomic E-state index is -0.415. The van der Waals surface area contributed by atoms with Crippen molar-refractivity contribution in [2.24, 2.45) is 5.73 Å². The Kier molecular flexibility index (Phi) is 9.24. The van der Waals surface area contributed by atoms with Crippen LogP contribution in [0.3, 0.4) is 0 Å². The molecule has 5 nitrogen and oxygen atoms in total. The van der Waals surface area contributed by atoms with Crippen LogP contribution in [0.5, 0.6) is 0 Å². The van der Waals surface area contributed by atoms with Crippen molar-refractivity contribution in [1.82, 2.24) is 5.32 Å². The number of esters is 1. The Labute approximate surface area is 139 Å². The van der Waals surface area contributed by atoms with E-state index in [0.717, 1.165) is 10.0 Å². The summed E-state index contributed by atoms with van der Waals surface area (Å²) >= 11 is 3.35. The lowest BCUT2D eigenvalue weighted by molar-refractivity contribution is -0.141. The highest BCUT2D eigenvalue weighted by atomic mass is 79.9. The summed E-state index contributed by atoms with van der Waals surface area (Å²) in [7, 11) is 1.32. The Balaban J connectivity index is 0.00000400. The normalized spacial score (nSPS) is 12.8. The first-order valence-corrected chi connectivity index (χ1v) is 7.09. The third kappa shape index (κ3) is 7.45. The Morgan fingerprint density at radius 3 is 2.33 bits per heavy atom. The van der Waals surface area contributed by atoms with Gasteiger partial charge in [-0.15, -0.1) is 12.4 Å². The SMILES string of the molecule is COC(=O)CC(NC(=O)CC(C)N)c1ccc(Br)cc1.Cl. The molecular weight excluding hydrogens is 360 g/mol. The van der Waals surface area contributed by atoms with Crippen LogP contribution in [0.4, 0.5) is 0 Å². The van der Waals surface area contributed by atoms with E-state index in [4.69, 9.17) is 5.73 Å². The van der Waals surface area contributed by atoms with Crippen LogP contribution in [0.15, 0.2) is 28.7 Å². The monoisotopic (exact) mass is 378 g/mol. The fourth-order valence-corrected chi connectivity index (χ4v) is 2.01. The first-order valence-electron chi connectivity index (χ1n) is 6.29. The van der Waals surface area contributed by atoms with Crippen LogP contribution < -0.4 is 11.1 Å². The number of hydrogen-bond donors (Lipinski definition) is 2. The van der Waals surface area contributed by atoms with E-state index in [-0.39, 0.29) is 43.2 Å². The molecule has 2 atom stereocenters. The lowest BCUT2D eigenvalue weighted by Gasteiger charge is -2.19. The molecule has 0 radical (unpaired) electrons. The van der Waals surface area contributed by atoms with Crippen LogP contribution >= 0.6 is 28.3 Å². The van der Waals surface area contributed by atoms with Gasteiger partial charge >= 0.3 is 5.97 Å². The fourth-order valence-electron chi connectivity index (χ4n) is 1.74. The van der Waals surface area contributed by atoms with E-state index in [1.807, 2.05) is 24.3 Å². The number of carbonyl (C=O) groups is 2. The van der Waals surface area contributed by atoms with Crippen molar-refractivity contribution in [3.8, 4) is 0 Å². The molecule has 118 valence electrons. The van der Waals surface area contributed by atoms with E-state index in [9.17, 15) is 9.59 Å². The average Bonchev–Trinajstić information content (AvgIpc) is 2.37. The molecule has 2 unspecified atom stereocenters. The molecule has 1 aromatic carbocycles. The maximum atomic E-state index is 11.8. The maximum Gasteiger partial charge on any atom is 0.307 e. The molecule has 0 spiro atoms. The van der Waals surface area contributed by atoms with E-state index in [2.05, 4.69) is 26.0 Å². The molecule has 21 heavy (non-hydrogen) atoms. The summed E-state index contributed by atoms with van der Waals surface area (Å²) in [6.07, 6.45) is 0.303. The highest BCUT2D eigenvalue weighted by Crippen LogP contribution is 2.20. The Bertz CT molecular complexity index is 466. The van der Waals surface area contributed by atoms with Crippen molar-refractivity contribution in [3.63, 3.8) is 0 Å². The third-order valence-electron chi connectivity index (χ3n) is 2.71. The maximum absolute atomic E-state index is 11.8. The standard InChI is InChI=1S/C14H19BrN2O3.ClH/c1-9(16)7-13(18)17-12(8-14(19)20-2)10-3-5-11(15)6-4-10;/h3-6,9,12H,7-8,16H2,1-2H3,(H,17,18);1H. The Hall–Kier alpha value is -1.11. The second-order valence-electron chi connectivity index (χ2n) is 4.63. The summed E-state index contributed by atoms with van der Waals surface area (Å²) in [6.45, 7) is 1.76. The average molecular weight is 380 g/mol. The molecule has 0 aromatic heterocycles. The number of nitrogens with two attached hydrogens (primary N) is 1. The number of rotatable bonds is 6. The molecule has 0 aliphatic carbocycles. The predicted molar refractivity (Wildman–Crippen MR) is 87.2 cm³/mol. The molecule has 0 saturated carbocycles. The van der Waals surface area contributed by atoms with Gasteiger partial charge in [-0.3, -0.25) is 9.59 Å². The molecule has 0 saturated heterocycles. The molecule has 0 heterocycles. The van der Waals surface area contributed by atoms with E-state index >= 15 is 0 Å². The van der Waals surface area contributed by atoms with Crippen molar-refractivity contribution in [2.45, 2.75) is 31.8 Å². The minimum Gasteiger partial charge on any atom is -0.469 e. The number of benzene rings is 1. The minimum absolute atomic E-state index is 0. The second-order valence-corrected chi connectivity index (χ2v) is 5.55. The van der Waals surface area contributed by atoms with Gasteiger partial charge < -0.3 is 15.8 Å². The summed E-state index contributed by atoms with van der Waals surface area (Å²) in [5.41, 5.74) is 6.44. The van der Waals surface area contributed by atoms with Gasteiger partial charge in [0.2, 0.25) is 5.91 Å². The van der Waals surface area contributed by atoms with Crippen LogP contribution in [0.2, 0.25) is 0 Å². The first kappa shape index (κ1) is 19.9. The molecule has 3 N–H and O–H groups in total. The molecule has 0 aliphatic heterocycles. The summed E-state index contributed by atoms with van der Waals surface area (Å²) in [4.78, 5) is 23.3. The van der Waals surface area contributed by atoms with Gasteiger partial charge in [-0.2, -0.15) is 0 Å². The predicted octanol–water partition coefficient (Wildman–Crippen LogP) is 2.33. The fraction of sp³-hybridized carbons (Fsp3) is 0.429. The quantitative estimate of drug-likeness (QED) is 0.743. The summed E-state index contributed by atoms with van der Waals surface area (Å²) in [5.74, 6) is -0.559. The largest absolute Gasteiger partial charge is 0.469 e. The molecule has 0 bridgehead atoms. The Morgan fingerprint density at radius 1 is 1.29 bits per heavy atom. The highest BCUT2D eigenvalue weighted by molar-refractivity contribution is 9.10. The highest BCUT2D eigenvalue weighted by Gasteiger charge is 2.19. The van der Waals surface area contributed by atoms with E-state index < -0.39 is 6.04 Å². The Morgan fingerprint density at radius 2 is 1.86 bits per heavy atom. The molecule has 1 amide bonds. The second kappa shape index (κ2) is 9.76. The topological polar surface area (TPSA) is 81.4 Å². The molecule has 0 fully saturated rings. The van der Waals surface area contributed by atoms with E-state index in [1.165, 1.54) is 7.11 Å². The molecular formula is C14H20BrClN2O3. The lowest BCUT2D eigenvalue weighted by Crippen LogP contribution is -2.34. The number of amides is 1. The summed E-state index contributed by atoms with van der Waals surface area (Å²) < 4.78 is 5.59. The van der Waals surface area contributed by atoms with Gasteiger partial charge in [-0.1, -0.05) is 28.1 Å². The number of ether oxygens (including phenoxy) is 1. The van der Waals surface area contributed by atoms with E-state index in [0.29, 0.717) is 0 Å². The van der Waals surface area contributed by atoms with E-state index in [1.54, 1.807) is 6.92 Å². The van der Waals surface area contributed by atoms with Crippen LogP contribution in [-0.2, 0) is 14.3 Å². The van der Waals surface area contributed by atoms with Crippen LogP contribution in [-0.4, -0.2) is 25.0 Å². The molecule has 0 aliphatic rings. The number of carbonyl (C=O) groups excluding carboxylic acids is 2. The van der Waals surface area contributed by atoms with Crippen LogP contribution in [0.25, 0.3) is 0 Å². The van der Waals surface area contributed by atoms with Crippen LogP contribution in [0.1, 0.15) is 31.4 Å². The number of hydrogen-bond acceptors (Lipinski definition) is 4. The van der Waals surface area contributed by atoms with Gasteiger partial charge in [0.05, 0.1) is 19.6 Å². The summed E-state index contributed by atoms with van der Waals surface area (Å²) in [5, 5.41) is 2.81. The van der Waals surface area contributed by atoms with Crippen molar-refractivity contribution in [2.75, 3.05) is 7.11 Å². The zero-order valence-electron chi connectivity index (χ0n) is 12.0. The van der Waals surface area contributed by atoms with Crippen LogP contribution in [0, 0.1) is 0 Å². The molecule has 7 heteroatoms. The number of halogens is 2. The lowest BCUT2D eigenvalue weighted by atomic mass is 10.0. The van der Waals surface area contributed by atoms with Gasteiger partial charge in [0.15, 0.2) is 0 Å². The van der Waals surface area contributed by atoms with Gasteiger partial charge in [0.1, 0.15) is 0 Å². The molecule has 1 rings (SSSR count). The number of methoxy groups -OCH3 is 1. The molecule has 1 aromatic rings. The van der Waals surface area contributed by atoms with Crippen molar-refractivity contribution < 1.29 is 14.3 Å². The van der Waals surface area contributed by atoms with Gasteiger partial charge in [-0.25, -0.2) is 0 Å². The van der Waals surface area contributed by atoms with Crippen molar-refractivity contribution >= 4 is 40.2 Å². The van der Waals surface area contributed by atoms with Gasteiger partial charge in [0, 0.05) is 16.9 Å². The smallest absolute Gasteiger partial charge is 0.307 e. The third-order valence-corrected chi connectivity index (χ3v) is 3.24. The zero-order valence-corrected chi connectivity index (χ0v) is 14.4. The first-order chi connectivity index (χ1) is 9.42. The van der Waals surface area contributed by atoms with Gasteiger partial charge in [-0.05, 0) is 24.6 Å².